The summed E-state index contributed by atoms with van der Waals surface area (Å²) in [6.45, 7) is 0. The minimum Gasteiger partial charge on any atom is -0.409 e. The molecule has 0 aromatic heterocycles. The summed E-state index contributed by atoms with van der Waals surface area (Å²) in [6.07, 6.45) is 1.55. The Kier molecular flexibility index (Phi) is 3.12. The molecule has 0 aliphatic carbocycles. The van der Waals surface area contributed by atoms with Crippen molar-refractivity contribution in [2.24, 2.45) is 0 Å². The van der Waals surface area contributed by atoms with Gasteiger partial charge in [-0.1, -0.05) is 48.5 Å². The summed E-state index contributed by atoms with van der Waals surface area (Å²) in [5.41, 5.74) is 2.78. The van der Waals surface area contributed by atoms with E-state index in [1.165, 1.54) is 10.3 Å². The molecule has 1 amide bonds. The van der Waals surface area contributed by atoms with Crippen LogP contribution in [0.5, 0.6) is 0 Å². The molecule has 3 aromatic carbocycles. The quantitative estimate of drug-likeness (QED) is 0.638. The highest BCUT2D eigenvalue weighted by atomic mass is 16.6. The fourth-order valence-electron chi connectivity index (χ4n) is 2.85. The van der Waals surface area contributed by atoms with Crippen LogP contribution in [0.4, 0.5) is 10.5 Å². The van der Waals surface area contributed by atoms with Crippen LogP contribution in [0.1, 0.15) is 11.1 Å². The molecule has 0 N–H and O–H groups in total. The zero-order chi connectivity index (χ0) is 15.8. The molecule has 112 valence electrons. The Morgan fingerprint density at radius 1 is 0.913 bits per heavy atom. The second-order valence-electron chi connectivity index (χ2n) is 5.56. The van der Waals surface area contributed by atoms with Crippen LogP contribution >= 0.6 is 0 Å². The van der Waals surface area contributed by atoms with Crippen molar-refractivity contribution in [1.82, 2.24) is 0 Å². The number of ether oxygens (including phenoxy) is 1. The molecule has 23 heavy (non-hydrogen) atoms. The van der Waals surface area contributed by atoms with Crippen molar-refractivity contribution in [3.8, 4) is 0 Å². The summed E-state index contributed by atoms with van der Waals surface area (Å²) in [5.74, 6) is 0.582. The summed E-state index contributed by atoms with van der Waals surface area (Å²) in [4.78, 5) is 13.6. The molecular weight excluding hydrogens is 286 g/mol. The molecule has 0 fully saturated rings. The van der Waals surface area contributed by atoms with Crippen molar-refractivity contribution in [2.75, 3.05) is 11.9 Å². The molecular formula is C20H15NO2. The van der Waals surface area contributed by atoms with E-state index in [0.29, 0.717) is 5.76 Å². The smallest absolute Gasteiger partial charge is 0.409 e. The van der Waals surface area contributed by atoms with E-state index in [-0.39, 0.29) is 6.09 Å². The maximum absolute atomic E-state index is 12.0. The average molecular weight is 301 g/mol. The van der Waals surface area contributed by atoms with Gasteiger partial charge in [0.05, 0.1) is 5.69 Å². The van der Waals surface area contributed by atoms with Crippen molar-refractivity contribution < 1.29 is 9.53 Å². The third-order valence-electron chi connectivity index (χ3n) is 4.07. The number of fused-ring (bicyclic) bond motifs is 2. The molecule has 3 aromatic rings. The van der Waals surface area contributed by atoms with Crippen molar-refractivity contribution in [3.63, 3.8) is 0 Å². The van der Waals surface area contributed by atoms with Crippen molar-refractivity contribution >= 4 is 34.4 Å². The lowest BCUT2D eigenvalue weighted by molar-refractivity contribution is 0.199. The van der Waals surface area contributed by atoms with Crippen LogP contribution in [0.3, 0.4) is 0 Å². The van der Waals surface area contributed by atoms with E-state index in [9.17, 15) is 4.79 Å². The molecule has 0 unspecified atom stereocenters. The van der Waals surface area contributed by atoms with Crippen LogP contribution in [0.25, 0.3) is 22.6 Å². The molecule has 3 nitrogen and oxygen atoms in total. The average Bonchev–Trinajstić information content (AvgIpc) is 2.59. The van der Waals surface area contributed by atoms with Gasteiger partial charge in [0.15, 0.2) is 0 Å². The number of benzene rings is 3. The zero-order valence-corrected chi connectivity index (χ0v) is 12.7. The SMILES string of the molecule is CN1C(=O)O/C(=C\c2ccc3ccccc3c2)c2ccccc21. The highest BCUT2D eigenvalue weighted by molar-refractivity contribution is 6.01. The number of rotatable bonds is 1. The molecule has 0 saturated carbocycles. The van der Waals surface area contributed by atoms with Crippen LogP contribution in [0.15, 0.2) is 66.7 Å². The summed E-state index contributed by atoms with van der Waals surface area (Å²) in [5, 5.41) is 2.35. The first-order chi connectivity index (χ1) is 11.2. The number of carbonyl (C=O) groups is 1. The van der Waals surface area contributed by atoms with Gasteiger partial charge in [0.25, 0.3) is 0 Å². The van der Waals surface area contributed by atoms with E-state index in [0.717, 1.165) is 22.2 Å². The first kappa shape index (κ1) is 13.6. The van der Waals surface area contributed by atoms with Crippen LogP contribution in [-0.4, -0.2) is 13.1 Å². The third-order valence-corrected chi connectivity index (χ3v) is 4.07. The second-order valence-corrected chi connectivity index (χ2v) is 5.56. The molecule has 0 atom stereocenters. The Balaban J connectivity index is 1.83. The van der Waals surface area contributed by atoms with Crippen LogP contribution in [-0.2, 0) is 4.74 Å². The van der Waals surface area contributed by atoms with E-state index >= 15 is 0 Å². The summed E-state index contributed by atoms with van der Waals surface area (Å²) >= 11 is 0. The fourth-order valence-corrected chi connectivity index (χ4v) is 2.85. The molecule has 0 spiro atoms. The Morgan fingerprint density at radius 2 is 1.65 bits per heavy atom. The summed E-state index contributed by atoms with van der Waals surface area (Å²) < 4.78 is 5.49. The van der Waals surface area contributed by atoms with Gasteiger partial charge in [-0.05, 0) is 40.6 Å². The lowest BCUT2D eigenvalue weighted by Crippen LogP contribution is -2.31. The Bertz CT molecular complexity index is 943. The maximum atomic E-state index is 12.0. The van der Waals surface area contributed by atoms with Crippen LogP contribution in [0.2, 0.25) is 0 Å². The Labute approximate surface area is 134 Å². The van der Waals surface area contributed by atoms with E-state index in [1.54, 1.807) is 7.05 Å². The van der Waals surface area contributed by atoms with E-state index in [1.807, 2.05) is 48.5 Å². The van der Waals surface area contributed by atoms with Gasteiger partial charge in [0.2, 0.25) is 0 Å². The Hall–Kier alpha value is -3.07. The standard InChI is InChI=1S/C20H15NO2/c1-21-18-9-5-4-8-17(18)19(23-20(21)22)13-14-10-11-15-6-2-3-7-16(15)12-14/h2-13H,1H3/b19-13-. The van der Waals surface area contributed by atoms with Gasteiger partial charge in [0, 0.05) is 12.6 Å². The predicted octanol–water partition coefficient (Wildman–Crippen LogP) is 4.92. The molecule has 1 heterocycles. The normalized spacial score (nSPS) is 15.6. The molecule has 1 aliphatic heterocycles. The Morgan fingerprint density at radius 3 is 2.52 bits per heavy atom. The van der Waals surface area contributed by atoms with Gasteiger partial charge in [-0.15, -0.1) is 0 Å². The minimum absolute atomic E-state index is 0.365. The molecule has 0 saturated heterocycles. The first-order valence-electron chi connectivity index (χ1n) is 7.48. The van der Waals surface area contributed by atoms with Gasteiger partial charge >= 0.3 is 6.09 Å². The first-order valence-corrected chi connectivity index (χ1v) is 7.48. The predicted molar refractivity (Wildman–Crippen MR) is 93.1 cm³/mol. The minimum atomic E-state index is -0.365. The van der Waals surface area contributed by atoms with E-state index < -0.39 is 0 Å². The summed E-state index contributed by atoms with van der Waals surface area (Å²) in [6, 6.07) is 22.1. The van der Waals surface area contributed by atoms with Crippen molar-refractivity contribution in [2.45, 2.75) is 0 Å². The van der Waals surface area contributed by atoms with Crippen LogP contribution < -0.4 is 4.90 Å². The lowest BCUT2D eigenvalue weighted by atomic mass is 10.0. The topological polar surface area (TPSA) is 29.5 Å². The number of para-hydroxylation sites is 1. The number of hydrogen-bond donors (Lipinski definition) is 0. The highest BCUT2D eigenvalue weighted by Gasteiger charge is 2.25. The third kappa shape index (κ3) is 2.36. The lowest BCUT2D eigenvalue weighted by Gasteiger charge is -2.26. The zero-order valence-electron chi connectivity index (χ0n) is 12.7. The molecule has 3 heteroatoms. The number of cyclic esters (lactones) is 1. The summed E-state index contributed by atoms with van der Waals surface area (Å²) in [7, 11) is 1.72. The van der Waals surface area contributed by atoms with Gasteiger partial charge in [0.1, 0.15) is 5.76 Å². The number of carbonyl (C=O) groups excluding carboxylic acids is 1. The van der Waals surface area contributed by atoms with Crippen molar-refractivity contribution in [1.29, 1.82) is 0 Å². The number of amides is 1. The number of hydrogen-bond acceptors (Lipinski definition) is 2. The molecule has 1 aliphatic rings. The molecule has 0 bridgehead atoms. The van der Waals surface area contributed by atoms with E-state index in [2.05, 4.69) is 24.3 Å². The van der Waals surface area contributed by atoms with Gasteiger partial charge < -0.3 is 4.74 Å². The fraction of sp³-hybridized carbons (Fsp3) is 0.0500. The van der Waals surface area contributed by atoms with Crippen molar-refractivity contribution in [3.05, 3.63) is 77.9 Å². The molecule has 4 rings (SSSR count). The molecule has 0 radical (unpaired) electrons. The number of anilines is 1. The van der Waals surface area contributed by atoms with Gasteiger partial charge in [-0.25, -0.2) is 4.79 Å². The monoisotopic (exact) mass is 301 g/mol. The van der Waals surface area contributed by atoms with E-state index in [4.69, 9.17) is 4.74 Å². The number of nitrogens with zero attached hydrogens (tertiary/aromatic N) is 1. The maximum Gasteiger partial charge on any atom is 0.419 e. The largest absolute Gasteiger partial charge is 0.419 e. The second kappa shape index (κ2) is 5.29. The highest BCUT2D eigenvalue weighted by Crippen LogP contribution is 2.34. The van der Waals surface area contributed by atoms with Gasteiger partial charge in [-0.3, -0.25) is 4.90 Å². The van der Waals surface area contributed by atoms with Gasteiger partial charge in [-0.2, -0.15) is 0 Å². The van der Waals surface area contributed by atoms with Crippen LogP contribution in [0, 0.1) is 0 Å².